The van der Waals surface area contributed by atoms with Gasteiger partial charge in [-0.3, -0.25) is 9.59 Å². The first-order valence-electron chi connectivity index (χ1n) is 9.18. The van der Waals surface area contributed by atoms with E-state index in [0.717, 1.165) is 12.8 Å². The molecule has 2 aliphatic rings. The number of amides is 1. The Hall–Kier alpha value is -1.73. The first-order chi connectivity index (χ1) is 12.3. The van der Waals surface area contributed by atoms with Crippen LogP contribution in [0.3, 0.4) is 0 Å². The molecule has 3 unspecified atom stereocenters. The molecule has 0 radical (unpaired) electrons. The van der Waals surface area contributed by atoms with Crippen molar-refractivity contribution in [1.29, 1.82) is 0 Å². The minimum Gasteiger partial charge on any atom is -0.463 e. The third-order valence-electron chi connectivity index (χ3n) is 5.13. The number of carbonyl (C=O) groups excluding carboxylic acids is 2. The molecule has 164 valence electrons. The minimum absolute atomic E-state index is 0. The van der Waals surface area contributed by atoms with Gasteiger partial charge in [0.2, 0.25) is 5.91 Å². The molecule has 0 aromatic heterocycles. The fourth-order valence-electron chi connectivity index (χ4n) is 3.90. The first kappa shape index (κ1) is 26.3. The van der Waals surface area contributed by atoms with Crippen molar-refractivity contribution in [1.82, 2.24) is 4.90 Å². The predicted octanol–water partition coefficient (Wildman–Crippen LogP) is 4.13. The van der Waals surface area contributed by atoms with Crippen LogP contribution in [0.1, 0.15) is 54.4 Å². The summed E-state index contributed by atoms with van der Waals surface area (Å²) in [7, 11) is 0. The number of nitrogens with two attached hydrogens (primary N) is 1. The summed E-state index contributed by atoms with van der Waals surface area (Å²) in [6.45, 7) is 10.6. The van der Waals surface area contributed by atoms with Crippen LogP contribution in [0.4, 0.5) is 13.2 Å². The zero-order valence-electron chi connectivity index (χ0n) is 16.5. The molecule has 2 fully saturated rings. The van der Waals surface area contributed by atoms with E-state index in [1.54, 1.807) is 20.8 Å². The molecule has 5 nitrogen and oxygen atoms in total. The van der Waals surface area contributed by atoms with Crippen LogP contribution in [-0.4, -0.2) is 42.1 Å². The second-order valence-corrected chi connectivity index (χ2v) is 8.37. The van der Waals surface area contributed by atoms with Crippen molar-refractivity contribution in [2.75, 3.05) is 13.2 Å². The lowest BCUT2D eigenvalue weighted by Gasteiger charge is -2.55. The average Bonchev–Trinajstić information content (AvgIpc) is 2.49. The van der Waals surface area contributed by atoms with Crippen molar-refractivity contribution in [3.05, 3.63) is 12.8 Å². The Labute approximate surface area is 166 Å². The summed E-state index contributed by atoms with van der Waals surface area (Å²) >= 11 is 0. The van der Waals surface area contributed by atoms with Crippen molar-refractivity contribution in [3.63, 3.8) is 0 Å². The number of hydrogen-bond donors (Lipinski definition) is 1. The minimum atomic E-state index is -4.52. The van der Waals surface area contributed by atoms with E-state index < -0.39 is 35.9 Å². The number of piperidine rings is 1. The van der Waals surface area contributed by atoms with Gasteiger partial charge in [-0.2, -0.15) is 13.2 Å². The summed E-state index contributed by atoms with van der Waals surface area (Å²) in [5.41, 5.74) is 3.93. The molecule has 2 rings (SSSR count). The molecule has 1 saturated heterocycles. The zero-order chi connectivity index (χ0) is 21.0. The van der Waals surface area contributed by atoms with Gasteiger partial charge in [0.05, 0.1) is 11.5 Å². The van der Waals surface area contributed by atoms with Crippen LogP contribution in [0.25, 0.3) is 0 Å². The number of halogens is 3. The number of ether oxygens (including phenoxy) is 1. The molecule has 0 aromatic rings. The van der Waals surface area contributed by atoms with E-state index in [9.17, 15) is 22.8 Å². The van der Waals surface area contributed by atoms with Crippen LogP contribution in [0.5, 0.6) is 0 Å². The molecule has 0 aromatic carbocycles. The number of hydrogen-bond acceptors (Lipinski definition) is 4. The molecule has 1 heterocycles. The largest absolute Gasteiger partial charge is 0.463 e. The molecule has 0 bridgehead atoms. The van der Waals surface area contributed by atoms with Gasteiger partial charge in [0.1, 0.15) is 13.0 Å². The maximum absolute atomic E-state index is 12.6. The Morgan fingerprint density at radius 3 is 2.25 bits per heavy atom. The predicted molar refractivity (Wildman–Crippen MR) is 103 cm³/mol. The first-order valence-corrected chi connectivity index (χ1v) is 9.18. The number of rotatable bonds is 3. The molecule has 8 heteroatoms. The Balaban J connectivity index is 0.00000171. The van der Waals surface area contributed by atoms with E-state index in [1.165, 1.54) is 11.1 Å². The van der Waals surface area contributed by atoms with Gasteiger partial charge >= 0.3 is 12.1 Å². The van der Waals surface area contributed by atoms with E-state index in [0.29, 0.717) is 18.4 Å². The van der Waals surface area contributed by atoms with E-state index in [2.05, 4.69) is 12.3 Å². The van der Waals surface area contributed by atoms with Gasteiger partial charge in [-0.1, -0.05) is 20.9 Å². The van der Waals surface area contributed by atoms with Crippen LogP contribution >= 0.6 is 0 Å². The summed E-state index contributed by atoms with van der Waals surface area (Å²) in [4.78, 5) is 25.4. The Morgan fingerprint density at radius 2 is 1.82 bits per heavy atom. The molecule has 1 aliphatic carbocycles. The van der Waals surface area contributed by atoms with Crippen LogP contribution in [0, 0.1) is 23.2 Å². The van der Waals surface area contributed by atoms with Gasteiger partial charge in [0, 0.05) is 6.54 Å². The fourth-order valence-corrected chi connectivity index (χ4v) is 3.90. The molecular formula is C20H35F3N2O3. The number of carbonyl (C=O) groups is 2. The van der Waals surface area contributed by atoms with Gasteiger partial charge in [-0.25, -0.2) is 0 Å². The number of fused-ring (bicyclic) bond motifs is 1. The van der Waals surface area contributed by atoms with Crippen molar-refractivity contribution in [2.24, 2.45) is 28.9 Å². The van der Waals surface area contributed by atoms with Crippen molar-refractivity contribution in [3.8, 4) is 0 Å². The molecule has 0 spiro atoms. The topological polar surface area (TPSA) is 72.6 Å². The maximum Gasteiger partial charge on any atom is 0.397 e. The normalized spacial score (nSPS) is 26.5. The highest BCUT2D eigenvalue weighted by Crippen LogP contribution is 2.49. The highest BCUT2D eigenvalue weighted by molar-refractivity contribution is 5.78. The van der Waals surface area contributed by atoms with Crippen molar-refractivity contribution < 1.29 is 27.5 Å². The molecule has 2 N–H and O–H groups in total. The van der Waals surface area contributed by atoms with Crippen molar-refractivity contribution >= 4 is 11.9 Å². The van der Waals surface area contributed by atoms with Crippen LogP contribution in [-0.2, 0) is 14.3 Å². The van der Waals surface area contributed by atoms with E-state index >= 15 is 0 Å². The molecule has 1 amide bonds. The van der Waals surface area contributed by atoms with Gasteiger partial charge in [-0.05, 0) is 57.6 Å². The Bertz CT molecular complexity index is 544. The molecular weight excluding hydrogens is 373 g/mol. The van der Waals surface area contributed by atoms with E-state index in [1.807, 2.05) is 6.92 Å². The Kier molecular flexibility index (Phi) is 9.54. The lowest BCUT2D eigenvalue weighted by Crippen LogP contribution is -2.60. The van der Waals surface area contributed by atoms with E-state index in [4.69, 9.17) is 4.74 Å². The second kappa shape index (κ2) is 10.2. The molecule has 1 saturated carbocycles. The lowest BCUT2D eigenvalue weighted by atomic mass is 9.59. The highest BCUT2D eigenvalue weighted by Gasteiger charge is 2.50. The summed E-state index contributed by atoms with van der Waals surface area (Å²) < 4.78 is 43.1. The van der Waals surface area contributed by atoms with Crippen LogP contribution < -0.4 is 5.73 Å². The molecule has 4 atom stereocenters. The van der Waals surface area contributed by atoms with E-state index in [-0.39, 0.29) is 20.0 Å². The van der Waals surface area contributed by atoms with Crippen LogP contribution in [0.15, 0.2) is 12.8 Å². The third kappa shape index (κ3) is 7.02. The second-order valence-electron chi connectivity index (χ2n) is 8.37. The average molecular weight is 409 g/mol. The number of nitrogens with zero attached hydrogens (tertiary/aromatic N) is 1. The number of likely N-dealkylation sites (tertiary alicyclic amines) is 1. The Morgan fingerprint density at radius 1 is 1.29 bits per heavy atom. The summed E-state index contributed by atoms with van der Waals surface area (Å²) in [6, 6.07) is -0.450. The quantitative estimate of drug-likeness (QED) is 0.713. The highest BCUT2D eigenvalue weighted by atomic mass is 19.4. The monoisotopic (exact) mass is 408 g/mol. The summed E-state index contributed by atoms with van der Waals surface area (Å²) in [5.74, 6) is -0.469. The maximum atomic E-state index is 12.6. The van der Waals surface area contributed by atoms with Gasteiger partial charge in [0.25, 0.3) is 0 Å². The lowest BCUT2D eigenvalue weighted by molar-refractivity contribution is -0.176. The smallest absolute Gasteiger partial charge is 0.397 e. The van der Waals surface area contributed by atoms with Crippen molar-refractivity contribution in [2.45, 2.75) is 66.6 Å². The van der Waals surface area contributed by atoms with Gasteiger partial charge in [0.15, 0.2) is 0 Å². The molecule has 28 heavy (non-hydrogen) atoms. The van der Waals surface area contributed by atoms with Crippen LogP contribution in [0.2, 0.25) is 0 Å². The van der Waals surface area contributed by atoms with Gasteiger partial charge in [-0.15, -0.1) is 0 Å². The fraction of sp³-hybridized carbons (Fsp3) is 0.800. The zero-order valence-corrected chi connectivity index (χ0v) is 16.5. The third-order valence-corrected chi connectivity index (χ3v) is 5.13. The standard InChI is InChI=1S/C17H26F3NO3.C2H5N.CH4/c1-10-7-11-5-6-21(13(22)8-17(18,19)20)12(14(10)11)9-24-15(23)16(2,3)4;1-2-3;/h10-12,14H,5-9H2,1-4H3;2H,1,3H2;1H4/t10?,11?,12?,14-;;/m1../s1. The summed E-state index contributed by atoms with van der Waals surface area (Å²) in [5, 5.41) is 0. The summed E-state index contributed by atoms with van der Waals surface area (Å²) in [6.07, 6.45) is -2.98. The molecule has 1 aliphatic heterocycles. The number of esters is 1. The SMILES string of the molecule is C.C=CN.CC1CC2CCN(C(=O)CC(F)(F)F)C(COC(=O)C(C)(C)C)[C@H]12. The van der Waals surface area contributed by atoms with Gasteiger partial charge < -0.3 is 15.4 Å². The number of alkyl halides is 3.